The molecule has 0 aliphatic rings. The summed E-state index contributed by atoms with van der Waals surface area (Å²) >= 11 is 7.18. The Morgan fingerprint density at radius 1 is 1.04 bits per heavy atom. The lowest BCUT2D eigenvalue weighted by molar-refractivity contribution is 0.0526. The molecule has 0 aliphatic heterocycles. The molecule has 144 valence electrons. The van der Waals surface area contributed by atoms with Crippen LogP contribution in [0.5, 0.6) is 0 Å². The Morgan fingerprint density at radius 3 is 2.29 bits per heavy atom. The molecule has 28 heavy (non-hydrogen) atoms. The molecule has 0 aliphatic carbocycles. The maximum atomic E-state index is 11.7. The molecule has 6 heteroatoms. The lowest BCUT2D eigenvalue weighted by Crippen LogP contribution is -2.03. The highest BCUT2D eigenvalue weighted by Gasteiger charge is 2.15. The summed E-state index contributed by atoms with van der Waals surface area (Å²) in [5, 5.41) is 0. The Hall–Kier alpha value is -2.18. The monoisotopic (exact) mass is 502 g/mol. The van der Waals surface area contributed by atoms with Crippen LogP contribution < -0.4 is 0 Å². The molecule has 0 N–H and O–H groups in total. The van der Waals surface area contributed by atoms with Crippen LogP contribution in [0, 0.1) is 13.8 Å². The van der Waals surface area contributed by atoms with Crippen molar-refractivity contribution in [1.29, 1.82) is 0 Å². The van der Waals surface area contributed by atoms with Crippen LogP contribution in [-0.2, 0) is 4.74 Å². The van der Waals surface area contributed by atoms with Crippen molar-refractivity contribution in [3.05, 3.63) is 80.0 Å². The minimum absolute atomic E-state index is 0.321. The zero-order chi connectivity index (χ0) is 20.3. The van der Waals surface area contributed by atoms with Gasteiger partial charge < -0.3 is 9.30 Å². The quantitative estimate of drug-likeness (QED) is 0.293. The van der Waals surface area contributed by atoms with Crippen molar-refractivity contribution < 1.29 is 9.53 Å². The molecule has 0 amide bonds. The van der Waals surface area contributed by atoms with Crippen LogP contribution in [0.2, 0.25) is 0 Å². The van der Waals surface area contributed by atoms with Gasteiger partial charge in [0.05, 0.1) is 17.9 Å². The fourth-order valence-corrected chi connectivity index (χ4v) is 3.82. The van der Waals surface area contributed by atoms with Gasteiger partial charge in [0.2, 0.25) is 0 Å². The van der Waals surface area contributed by atoms with Crippen molar-refractivity contribution in [2.24, 2.45) is 4.99 Å². The van der Waals surface area contributed by atoms with E-state index < -0.39 is 0 Å². The van der Waals surface area contributed by atoms with E-state index in [-0.39, 0.29) is 5.97 Å². The SMILES string of the molecule is CCOC(=O)c1ccc(N=Cc2c(Br)c(C)n(-c3ccc(Br)cc3)c2C)cc1. The van der Waals surface area contributed by atoms with Gasteiger partial charge in [-0.25, -0.2) is 4.79 Å². The van der Waals surface area contributed by atoms with E-state index in [1.807, 2.05) is 30.5 Å². The van der Waals surface area contributed by atoms with Gasteiger partial charge in [0.1, 0.15) is 0 Å². The maximum absolute atomic E-state index is 11.7. The first-order valence-electron chi connectivity index (χ1n) is 8.87. The molecule has 0 fully saturated rings. The number of aliphatic imine (C=N–C) groups is 1. The summed E-state index contributed by atoms with van der Waals surface area (Å²) in [5.41, 5.74) is 5.62. The number of carbonyl (C=O) groups excluding carboxylic acids is 1. The van der Waals surface area contributed by atoms with Crippen LogP contribution in [0.4, 0.5) is 5.69 Å². The van der Waals surface area contributed by atoms with Gasteiger partial charge in [-0.3, -0.25) is 4.99 Å². The van der Waals surface area contributed by atoms with Gasteiger partial charge in [-0.2, -0.15) is 0 Å². The van der Waals surface area contributed by atoms with E-state index in [2.05, 4.69) is 67.4 Å². The lowest BCUT2D eigenvalue weighted by atomic mass is 10.2. The third kappa shape index (κ3) is 4.28. The van der Waals surface area contributed by atoms with Crippen molar-refractivity contribution in [1.82, 2.24) is 4.57 Å². The molecule has 0 atom stereocenters. The Kier molecular flexibility index (Phi) is 6.52. The molecule has 4 nitrogen and oxygen atoms in total. The Morgan fingerprint density at radius 2 is 1.68 bits per heavy atom. The summed E-state index contributed by atoms with van der Waals surface area (Å²) in [6.45, 7) is 6.30. The molecular weight excluding hydrogens is 484 g/mol. The summed E-state index contributed by atoms with van der Waals surface area (Å²) in [7, 11) is 0. The number of benzene rings is 2. The molecule has 0 unspecified atom stereocenters. The number of aromatic nitrogens is 1. The molecular formula is C22H20Br2N2O2. The molecule has 0 radical (unpaired) electrons. The number of carbonyl (C=O) groups is 1. The molecule has 0 bridgehead atoms. The van der Waals surface area contributed by atoms with Gasteiger partial charge in [0.15, 0.2) is 0 Å². The van der Waals surface area contributed by atoms with Crippen molar-refractivity contribution in [2.75, 3.05) is 6.61 Å². The molecule has 2 aromatic carbocycles. The number of esters is 1. The van der Waals surface area contributed by atoms with Gasteiger partial charge in [0, 0.05) is 37.8 Å². The molecule has 1 aromatic heterocycles. The smallest absolute Gasteiger partial charge is 0.338 e. The average Bonchev–Trinajstić information content (AvgIpc) is 2.90. The number of ether oxygens (including phenoxy) is 1. The number of hydrogen-bond donors (Lipinski definition) is 0. The van der Waals surface area contributed by atoms with E-state index in [0.717, 1.165) is 37.3 Å². The molecule has 3 aromatic rings. The molecule has 3 rings (SSSR count). The second kappa shape index (κ2) is 8.88. The highest BCUT2D eigenvalue weighted by atomic mass is 79.9. The van der Waals surface area contributed by atoms with Crippen LogP contribution in [-0.4, -0.2) is 23.4 Å². The van der Waals surface area contributed by atoms with E-state index >= 15 is 0 Å². The summed E-state index contributed by atoms with van der Waals surface area (Å²) in [6, 6.07) is 15.3. The first kappa shape index (κ1) is 20.6. The van der Waals surface area contributed by atoms with Crippen molar-refractivity contribution >= 4 is 49.7 Å². The van der Waals surface area contributed by atoms with Crippen LogP contribution >= 0.6 is 31.9 Å². The highest BCUT2D eigenvalue weighted by Crippen LogP contribution is 2.30. The van der Waals surface area contributed by atoms with Gasteiger partial charge >= 0.3 is 5.97 Å². The summed E-state index contributed by atoms with van der Waals surface area (Å²) in [5.74, 6) is -0.321. The molecule has 1 heterocycles. The lowest BCUT2D eigenvalue weighted by Gasteiger charge is -2.09. The summed E-state index contributed by atoms with van der Waals surface area (Å²) in [4.78, 5) is 16.3. The first-order chi connectivity index (χ1) is 13.4. The van der Waals surface area contributed by atoms with Gasteiger partial charge in [-0.1, -0.05) is 15.9 Å². The second-order valence-electron chi connectivity index (χ2n) is 6.24. The third-order valence-electron chi connectivity index (χ3n) is 4.42. The molecule has 0 saturated carbocycles. The minimum atomic E-state index is -0.321. The second-order valence-corrected chi connectivity index (χ2v) is 7.94. The van der Waals surface area contributed by atoms with Crippen LogP contribution in [0.15, 0.2) is 62.5 Å². The van der Waals surface area contributed by atoms with Gasteiger partial charge in [-0.15, -0.1) is 0 Å². The normalized spacial score (nSPS) is 11.2. The van der Waals surface area contributed by atoms with Gasteiger partial charge in [0.25, 0.3) is 0 Å². The van der Waals surface area contributed by atoms with E-state index in [9.17, 15) is 4.79 Å². The summed E-state index contributed by atoms with van der Waals surface area (Å²) < 4.78 is 9.26. The molecule has 0 saturated heterocycles. The van der Waals surface area contributed by atoms with E-state index in [0.29, 0.717) is 12.2 Å². The van der Waals surface area contributed by atoms with E-state index in [1.54, 1.807) is 19.1 Å². The van der Waals surface area contributed by atoms with Crippen molar-refractivity contribution in [3.8, 4) is 5.69 Å². The van der Waals surface area contributed by atoms with Crippen molar-refractivity contribution in [3.63, 3.8) is 0 Å². The van der Waals surface area contributed by atoms with Crippen molar-refractivity contribution in [2.45, 2.75) is 20.8 Å². The Balaban J connectivity index is 1.89. The predicted molar refractivity (Wildman–Crippen MR) is 120 cm³/mol. The highest BCUT2D eigenvalue weighted by molar-refractivity contribution is 9.10. The van der Waals surface area contributed by atoms with Gasteiger partial charge in [-0.05, 0) is 85.2 Å². The standard InChI is InChI=1S/C22H20Br2N2O2/c1-4-28-22(27)16-5-9-18(10-6-16)25-13-20-14(2)26(15(3)21(20)24)19-11-7-17(23)8-12-19/h5-13H,4H2,1-3H3. The van der Waals surface area contributed by atoms with E-state index in [1.165, 1.54) is 0 Å². The molecule has 0 spiro atoms. The number of nitrogens with zero attached hydrogens (tertiary/aromatic N) is 2. The maximum Gasteiger partial charge on any atom is 0.338 e. The number of hydrogen-bond acceptors (Lipinski definition) is 3. The average molecular weight is 504 g/mol. The van der Waals surface area contributed by atoms with Crippen LogP contribution in [0.3, 0.4) is 0 Å². The first-order valence-corrected chi connectivity index (χ1v) is 10.5. The largest absolute Gasteiger partial charge is 0.462 e. The fourth-order valence-electron chi connectivity index (χ4n) is 2.99. The topological polar surface area (TPSA) is 43.6 Å². The Labute approximate surface area is 181 Å². The zero-order valence-electron chi connectivity index (χ0n) is 15.9. The minimum Gasteiger partial charge on any atom is -0.462 e. The van der Waals surface area contributed by atoms with Crippen LogP contribution in [0.25, 0.3) is 5.69 Å². The number of rotatable bonds is 5. The van der Waals surface area contributed by atoms with Crippen LogP contribution in [0.1, 0.15) is 34.2 Å². The number of halogens is 2. The summed E-state index contributed by atoms with van der Waals surface area (Å²) in [6.07, 6.45) is 1.85. The fraction of sp³-hybridized carbons (Fsp3) is 0.182. The predicted octanol–water partition coefficient (Wildman–Crippen LogP) is 6.55. The Bertz CT molecular complexity index is 1020. The van der Waals surface area contributed by atoms with E-state index in [4.69, 9.17) is 4.74 Å². The zero-order valence-corrected chi connectivity index (χ0v) is 19.0. The third-order valence-corrected chi connectivity index (χ3v) is 5.95.